The predicted molar refractivity (Wildman–Crippen MR) is 134 cm³/mol. The molecule has 1 aliphatic rings. The SMILES string of the molecule is O=C(c1cccc2ccccc12)N1CCN(c2ncnc3c2cnn3-c2cccc(Cl)c2)CC1. The Labute approximate surface area is 201 Å². The fourth-order valence-electron chi connectivity index (χ4n) is 4.58. The van der Waals surface area contributed by atoms with Crippen LogP contribution in [-0.2, 0) is 0 Å². The number of anilines is 1. The van der Waals surface area contributed by atoms with Gasteiger partial charge in [-0.15, -0.1) is 0 Å². The van der Waals surface area contributed by atoms with Gasteiger partial charge in [0.25, 0.3) is 5.91 Å². The number of rotatable bonds is 3. The minimum atomic E-state index is 0.0676. The first-order valence-corrected chi connectivity index (χ1v) is 11.5. The molecule has 1 saturated heterocycles. The van der Waals surface area contributed by atoms with E-state index in [0.717, 1.165) is 38.9 Å². The molecule has 2 aromatic heterocycles. The van der Waals surface area contributed by atoms with Crippen LogP contribution in [0.15, 0.2) is 79.3 Å². The maximum Gasteiger partial charge on any atom is 0.254 e. The Hall–Kier alpha value is -3.97. The highest BCUT2D eigenvalue weighted by Crippen LogP contribution is 2.27. The van der Waals surface area contributed by atoms with Crippen molar-refractivity contribution in [3.05, 3.63) is 89.8 Å². The van der Waals surface area contributed by atoms with Crippen LogP contribution < -0.4 is 4.90 Å². The van der Waals surface area contributed by atoms with Gasteiger partial charge in [-0.3, -0.25) is 4.79 Å². The Balaban J connectivity index is 1.24. The second-order valence-electron chi connectivity index (χ2n) is 8.28. The molecule has 0 unspecified atom stereocenters. The quantitative estimate of drug-likeness (QED) is 0.387. The number of halogens is 1. The van der Waals surface area contributed by atoms with E-state index in [1.54, 1.807) is 17.2 Å². The van der Waals surface area contributed by atoms with Crippen molar-refractivity contribution in [3.8, 4) is 5.69 Å². The Morgan fingerprint density at radius 3 is 2.50 bits per heavy atom. The molecule has 1 aliphatic heterocycles. The third-order valence-electron chi connectivity index (χ3n) is 6.28. The van der Waals surface area contributed by atoms with Gasteiger partial charge in [0.15, 0.2) is 5.65 Å². The molecular formula is C26H21ClN6O. The molecule has 1 fully saturated rings. The van der Waals surface area contributed by atoms with Crippen LogP contribution in [0.5, 0.6) is 0 Å². The molecule has 0 bridgehead atoms. The number of aromatic nitrogens is 4. The summed E-state index contributed by atoms with van der Waals surface area (Å²) in [5.74, 6) is 0.897. The Morgan fingerprint density at radius 1 is 0.853 bits per heavy atom. The molecule has 0 radical (unpaired) electrons. The molecule has 0 spiro atoms. The van der Waals surface area contributed by atoms with Crippen LogP contribution in [-0.4, -0.2) is 56.7 Å². The van der Waals surface area contributed by atoms with E-state index in [9.17, 15) is 4.79 Å². The fourth-order valence-corrected chi connectivity index (χ4v) is 4.77. The van der Waals surface area contributed by atoms with E-state index in [2.05, 4.69) is 20.0 Å². The van der Waals surface area contributed by atoms with Crippen LogP contribution in [0.25, 0.3) is 27.5 Å². The van der Waals surface area contributed by atoms with Crippen molar-refractivity contribution < 1.29 is 4.79 Å². The molecule has 168 valence electrons. The summed E-state index contributed by atoms with van der Waals surface area (Å²) in [6.45, 7) is 2.61. The molecule has 6 rings (SSSR count). The average molecular weight is 469 g/mol. The first kappa shape index (κ1) is 20.6. The van der Waals surface area contributed by atoms with Gasteiger partial charge in [-0.1, -0.05) is 54.1 Å². The van der Waals surface area contributed by atoms with Crippen molar-refractivity contribution in [1.82, 2.24) is 24.6 Å². The second-order valence-corrected chi connectivity index (χ2v) is 8.71. The van der Waals surface area contributed by atoms with E-state index in [1.165, 1.54) is 0 Å². The van der Waals surface area contributed by atoms with Crippen molar-refractivity contribution in [3.63, 3.8) is 0 Å². The molecule has 0 saturated carbocycles. The molecule has 5 aromatic rings. The second kappa shape index (κ2) is 8.43. The number of carbonyl (C=O) groups excluding carboxylic acids is 1. The summed E-state index contributed by atoms with van der Waals surface area (Å²) >= 11 is 6.17. The molecular weight excluding hydrogens is 448 g/mol. The molecule has 8 heteroatoms. The third-order valence-corrected chi connectivity index (χ3v) is 6.52. The van der Waals surface area contributed by atoms with E-state index >= 15 is 0 Å². The van der Waals surface area contributed by atoms with Crippen molar-refractivity contribution in [2.75, 3.05) is 31.1 Å². The zero-order chi connectivity index (χ0) is 23.1. The zero-order valence-corrected chi connectivity index (χ0v) is 19.1. The highest BCUT2D eigenvalue weighted by Gasteiger charge is 2.25. The maximum atomic E-state index is 13.3. The fraction of sp³-hybridized carbons (Fsp3) is 0.154. The minimum Gasteiger partial charge on any atom is -0.352 e. The average Bonchev–Trinajstić information content (AvgIpc) is 3.32. The first-order valence-electron chi connectivity index (χ1n) is 11.2. The van der Waals surface area contributed by atoms with Crippen molar-refractivity contribution in [2.24, 2.45) is 0 Å². The van der Waals surface area contributed by atoms with Gasteiger partial charge in [-0.25, -0.2) is 14.6 Å². The highest BCUT2D eigenvalue weighted by atomic mass is 35.5. The van der Waals surface area contributed by atoms with Gasteiger partial charge in [-0.05, 0) is 35.0 Å². The summed E-state index contributed by atoms with van der Waals surface area (Å²) in [7, 11) is 0. The number of hydrogen-bond acceptors (Lipinski definition) is 5. The van der Waals surface area contributed by atoms with E-state index in [4.69, 9.17) is 11.6 Å². The predicted octanol–water partition coefficient (Wildman–Crippen LogP) is 4.58. The summed E-state index contributed by atoms with van der Waals surface area (Å²) in [4.78, 5) is 26.5. The monoisotopic (exact) mass is 468 g/mol. The number of benzene rings is 3. The van der Waals surface area contributed by atoms with Gasteiger partial charge in [0.1, 0.15) is 12.1 Å². The summed E-state index contributed by atoms with van der Waals surface area (Å²) in [6, 6.07) is 21.4. The third kappa shape index (κ3) is 3.54. The lowest BCUT2D eigenvalue weighted by Crippen LogP contribution is -2.49. The summed E-state index contributed by atoms with van der Waals surface area (Å²) in [6.07, 6.45) is 3.35. The normalized spacial score (nSPS) is 14.1. The molecule has 0 atom stereocenters. The summed E-state index contributed by atoms with van der Waals surface area (Å²) in [5, 5.41) is 8.12. The molecule has 0 aliphatic carbocycles. The molecule has 1 amide bonds. The van der Waals surface area contributed by atoms with Gasteiger partial charge in [0, 0.05) is 36.8 Å². The molecule has 3 heterocycles. The molecule has 7 nitrogen and oxygen atoms in total. The van der Waals surface area contributed by atoms with Gasteiger partial charge in [-0.2, -0.15) is 5.10 Å². The topological polar surface area (TPSA) is 67.2 Å². The standard InChI is InChI=1S/C26H21ClN6O/c27-19-7-4-8-20(15-19)33-25-23(16-30-33)24(28-17-29-25)31-11-13-32(14-12-31)26(34)22-10-3-6-18-5-1-2-9-21(18)22/h1-10,15-17H,11-14H2. The van der Waals surface area contributed by atoms with E-state index in [0.29, 0.717) is 31.2 Å². The van der Waals surface area contributed by atoms with E-state index < -0.39 is 0 Å². The molecule has 34 heavy (non-hydrogen) atoms. The van der Waals surface area contributed by atoms with Crippen LogP contribution in [0.3, 0.4) is 0 Å². The largest absolute Gasteiger partial charge is 0.352 e. The number of amides is 1. The lowest BCUT2D eigenvalue weighted by atomic mass is 10.0. The Morgan fingerprint density at radius 2 is 1.65 bits per heavy atom. The van der Waals surface area contributed by atoms with Gasteiger partial charge in [0.2, 0.25) is 0 Å². The number of carbonyl (C=O) groups is 1. The zero-order valence-electron chi connectivity index (χ0n) is 18.3. The minimum absolute atomic E-state index is 0.0676. The van der Waals surface area contributed by atoms with Crippen LogP contribution in [0.1, 0.15) is 10.4 Å². The molecule has 3 aromatic carbocycles. The van der Waals surface area contributed by atoms with E-state index in [1.807, 2.05) is 71.6 Å². The maximum absolute atomic E-state index is 13.3. The van der Waals surface area contributed by atoms with Crippen LogP contribution in [0, 0.1) is 0 Å². The first-order chi connectivity index (χ1) is 16.7. The van der Waals surface area contributed by atoms with Crippen LogP contribution in [0.4, 0.5) is 5.82 Å². The summed E-state index contributed by atoms with van der Waals surface area (Å²) < 4.78 is 1.77. The Bertz CT molecular complexity index is 1520. The number of hydrogen-bond donors (Lipinski definition) is 0. The van der Waals surface area contributed by atoms with Gasteiger partial charge >= 0.3 is 0 Å². The van der Waals surface area contributed by atoms with Crippen LogP contribution >= 0.6 is 11.6 Å². The number of nitrogens with zero attached hydrogens (tertiary/aromatic N) is 6. The van der Waals surface area contributed by atoms with Crippen molar-refractivity contribution >= 4 is 45.1 Å². The van der Waals surface area contributed by atoms with Crippen LogP contribution in [0.2, 0.25) is 5.02 Å². The van der Waals surface area contributed by atoms with Crippen molar-refractivity contribution in [1.29, 1.82) is 0 Å². The molecule has 0 N–H and O–H groups in total. The van der Waals surface area contributed by atoms with Gasteiger partial charge in [0.05, 0.1) is 17.3 Å². The smallest absolute Gasteiger partial charge is 0.254 e. The lowest BCUT2D eigenvalue weighted by Gasteiger charge is -2.35. The number of piperazine rings is 1. The lowest BCUT2D eigenvalue weighted by molar-refractivity contribution is 0.0748. The summed E-state index contributed by atoms with van der Waals surface area (Å²) in [5.41, 5.74) is 2.32. The highest BCUT2D eigenvalue weighted by molar-refractivity contribution is 6.30. The van der Waals surface area contributed by atoms with Crippen molar-refractivity contribution in [2.45, 2.75) is 0 Å². The van der Waals surface area contributed by atoms with E-state index in [-0.39, 0.29) is 5.91 Å². The Kier molecular flexibility index (Phi) is 5.11. The van der Waals surface area contributed by atoms with Gasteiger partial charge < -0.3 is 9.80 Å². The number of fused-ring (bicyclic) bond motifs is 2.